The largest absolute Gasteiger partial charge is 0.126 e. The summed E-state index contributed by atoms with van der Waals surface area (Å²) in [6.07, 6.45) is 0. The zero-order chi connectivity index (χ0) is 8.67. The van der Waals surface area contributed by atoms with E-state index >= 15 is 0 Å². The van der Waals surface area contributed by atoms with Crippen LogP contribution in [0, 0.1) is 0 Å². The molecule has 0 fully saturated rings. The molecule has 0 spiro atoms. The van der Waals surface area contributed by atoms with E-state index in [2.05, 4.69) is 54.6 Å². The van der Waals surface area contributed by atoms with Gasteiger partial charge in [-0.3, -0.25) is 0 Å². The Labute approximate surface area is 102 Å². The van der Waals surface area contributed by atoms with E-state index in [1.54, 1.807) is 0 Å². The molecule has 0 amide bonds. The number of hydrogen-bond donors (Lipinski definition) is 0. The van der Waals surface area contributed by atoms with Gasteiger partial charge < -0.3 is 0 Å². The first kappa shape index (κ1) is 9.74. The third-order valence-electron chi connectivity index (χ3n) is 2.52. The molecule has 0 aromatic heterocycles. The standard InChI is InChI=1S/C13H9.Zr/c1-3-7-12-10(5-1)9-11-6-2-4-8-13(11)12;/h1-9H;/q-1;. The summed E-state index contributed by atoms with van der Waals surface area (Å²) in [7, 11) is 0. The summed E-state index contributed by atoms with van der Waals surface area (Å²) in [5, 5.41) is 5.39. The Morgan fingerprint density at radius 1 is 0.643 bits per heavy atom. The molecule has 66 valence electrons. The van der Waals surface area contributed by atoms with Gasteiger partial charge in [0.1, 0.15) is 0 Å². The van der Waals surface area contributed by atoms with Crippen LogP contribution in [0.3, 0.4) is 0 Å². The maximum absolute atomic E-state index is 2.24. The molecule has 0 bridgehead atoms. The van der Waals surface area contributed by atoms with Crippen LogP contribution < -0.4 is 0 Å². The molecule has 0 aliphatic rings. The minimum atomic E-state index is 0. The summed E-state index contributed by atoms with van der Waals surface area (Å²) in [6, 6.07) is 19.3. The van der Waals surface area contributed by atoms with Crippen molar-refractivity contribution in [1.29, 1.82) is 0 Å². The fourth-order valence-electron chi connectivity index (χ4n) is 1.90. The Morgan fingerprint density at radius 2 is 1.07 bits per heavy atom. The fraction of sp³-hybridized carbons (Fsp3) is 0. The van der Waals surface area contributed by atoms with Crippen molar-refractivity contribution in [3.05, 3.63) is 54.6 Å². The summed E-state index contributed by atoms with van der Waals surface area (Å²) in [5.74, 6) is 0. The van der Waals surface area contributed by atoms with E-state index in [1.165, 1.54) is 21.5 Å². The van der Waals surface area contributed by atoms with Crippen molar-refractivity contribution in [2.24, 2.45) is 0 Å². The van der Waals surface area contributed by atoms with Gasteiger partial charge in [-0.2, -0.15) is 0 Å². The third kappa shape index (κ3) is 1.36. The summed E-state index contributed by atoms with van der Waals surface area (Å²) in [6.45, 7) is 0. The second-order valence-electron chi connectivity index (χ2n) is 3.32. The molecule has 0 unspecified atom stereocenters. The van der Waals surface area contributed by atoms with E-state index in [0.29, 0.717) is 0 Å². The fourth-order valence-corrected chi connectivity index (χ4v) is 1.90. The first-order chi connectivity index (χ1) is 6.45. The molecular weight excluding hydrogens is 247 g/mol. The number of benzene rings is 2. The molecule has 0 radical (unpaired) electrons. The van der Waals surface area contributed by atoms with Crippen LogP contribution in [-0.2, 0) is 26.2 Å². The van der Waals surface area contributed by atoms with Crippen molar-refractivity contribution in [3.8, 4) is 0 Å². The topological polar surface area (TPSA) is 0 Å². The average molecular weight is 256 g/mol. The van der Waals surface area contributed by atoms with Crippen LogP contribution in [-0.4, -0.2) is 0 Å². The van der Waals surface area contributed by atoms with Crippen molar-refractivity contribution < 1.29 is 26.2 Å². The summed E-state index contributed by atoms with van der Waals surface area (Å²) in [4.78, 5) is 0. The molecule has 1 heteroatoms. The monoisotopic (exact) mass is 255 g/mol. The Balaban J connectivity index is 0.000000750. The van der Waals surface area contributed by atoms with Gasteiger partial charge in [0.2, 0.25) is 0 Å². The van der Waals surface area contributed by atoms with Crippen LogP contribution in [0.4, 0.5) is 0 Å². The molecule has 14 heavy (non-hydrogen) atoms. The zero-order valence-electron chi connectivity index (χ0n) is 7.70. The van der Waals surface area contributed by atoms with Crippen molar-refractivity contribution >= 4 is 21.5 Å². The maximum Gasteiger partial charge on any atom is 0 e. The number of fused-ring (bicyclic) bond motifs is 3. The molecule has 0 heterocycles. The Hall–Kier alpha value is -0.807. The molecule has 0 nitrogen and oxygen atoms in total. The van der Waals surface area contributed by atoms with E-state index in [-0.39, 0.29) is 26.2 Å². The Kier molecular flexibility index (Phi) is 2.61. The van der Waals surface area contributed by atoms with Gasteiger partial charge in [0, 0.05) is 26.2 Å². The van der Waals surface area contributed by atoms with E-state index in [0.717, 1.165) is 0 Å². The van der Waals surface area contributed by atoms with Crippen LogP contribution >= 0.6 is 0 Å². The van der Waals surface area contributed by atoms with Crippen LogP contribution in [0.5, 0.6) is 0 Å². The Bertz CT molecular complexity index is 513. The predicted octanol–water partition coefficient (Wildman–Crippen LogP) is 3.71. The minimum absolute atomic E-state index is 0. The van der Waals surface area contributed by atoms with Crippen molar-refractivity contribution in [2.75, 3.05) is 0 Å². The van der Waals surface area contributed by atoms with Gasteiger partial charge in [-0.25, -0.2) is 0 Å². The molecule has 0 atom stereocenters. The van der Waals surface area contributed by atoms with Gasteiger partial charge in [-0.1, -0.05) is 36.4 Å². The van der Waals surface area contributed by atoms with Gasteiger partial charge in [0.05, 0.1) is 0 Å². The second-order valence-corrected chi connectivity index (χ2v) is 3.32. The third-order valence-corrected chi connectivity index (χ3v) is 2.52. The number of rotatable bonds is 0. The molecule has 0 aliphatic heterocycles. The van der Waals surface area contributed by atoms with E-state index in [4.69, 9.17) is 0 Å². The molecule has 0 N–H and O–H groups in total. The van der Waals surface area contributed by atoms with E-state index in [1.807, 2.05) is 0 Å². The first-order valence-corrected chi connectivity index (χ1v) is 4.48. The quantitative estimate of drug-likeness (QED) is 0.538. The SMILES string of the molecule is [Zr].c1ccc2c(c1)[cH-]c1ccccc12. The molecule has 0 saturated heterocycles. The minimum Gasteiger partial charge on any atom is -0.126 e. The van der Waals surface area contributed by atoms with E-state index in [9.17, 15) is 0 Å². The van der Waals surface area contributed by atoms with Gasteiger partial charge in [0.25, 0.3) is 0 Å². The van der Waals surface area contributed by atoms with Crippen molar-refractivity contribution in [1.82, 2.24) is 0 Å². The average Bonchev–Trinajstić information content (AvgIpc) is 2.56. The van der Waals surface area contributed by atoms with Gasteiger partial charge >= 0.3 is 0 Å². The maximum atomic E-state index is 2.24. The summed E-state index contributed by atoms with van der Waals surface area (Å²) >= 11 is 0. The van der Waals surface area contributed by atoms with Gasteiger partial charge in [0.15, 0.2) is 0 Å². The first-order valence-electron chi connectivity index (χ1n) is 4.48. The van der Waals surface area contributed by atoms with Crippen LogP contribution in [0.25, 0.3) is 21.5 Å². The molecule has 0 saturated carbocycles. The normalized spacial score (nSPS) is 10.3. The Morgan fingerprint density at radius 3 is 1.57 bits per heavy atom. The van der Waals surface area contributed by atoms with Crippen LogP contribution in [0.2, 0.25) is 0 Å². The number of hydrogen-bond acceptors (Lipinski definition) is 0. The molecule has 3 rings (SSSR count). The molecule has 3 aromatic carbocycles. The van der Waals surface area contributed by atoms with Gasteiger partial charge in [-0.05, 0) is 0 Å². The smallest absolute Gasteiger partial charge is 0 e. The molecule has 3 aromatic rings. The predicted molar refractivity (Wildman–Crippen MR) is 57.0 cm³/mol. The van der Waals surface area contributed by atoms with Crippen LogP contribution in [0.1, 0.15) is 0 Å². The summed E-state index contributed by atoms with van der Waals surface area (Å²) < 4.78 is 0. The van der Waals surface area contributed by atoms with Crippen LogP contribution in [0.15, 0.2) is 54.6 Å². The van der Waals surface area contributed by atoms with Gasteiger partial charge in [-0.15, -0.1) is 39.7 Å². The van der Waals surface area contributed by atoms with E-state index < -0.39 is 0 Å². The van der Waals surface area contributed by atoms with Crippen molar-refractivity contribution in [3.63, 3.8) is 0 Å². The second kappa shape index (κ2) is 3.75. The molecular formula is C13H9Zr-. The zero-order valence-corrected chi connectivity index (χ0v) is 10.2. The molecule has 0 aliphatic carbocycles. The summed E-state index contributed by atoms with van der Waals surface area (Å²) in [5.41, 5.74) is 0. The van der Waals surface area contributed by atoms with Crippen molar-refractivity contribution in [2.45, 2.75) is 0 Å².